The summed E-state index contributed by atoms with van der Waals surface area (Å²) in [6.45, 7) is 5.88. The number of ether oxygens (including phenoxy) is 2. The van der Waals surface area contributed by atoms with Crippen LogP contribution in [-0.2, 0) is 14.6 Å². The van der Waals surface area contributed by atoms with Crippen LogP contribution in [0, 0.1) is 5.92 Å². The first-order chi connectivity index (χ1) is 12.4. The quantitative estimate of drug-likeness (QED) is 0.695. The minimum absolute atomic E-state index is 0.0239. The van der Waals surface area contributed by atoms with E-state index in [1.807, 2.05) is 6.92 Å². The van der Waals surface area contributed by atoms with Gasteiger partial charge >= 0.3 is 0 Å². The molecule has 1 aromatic rings. The zero-order valence-electron chi connectivity index (χ0n) is 15.1. The highest BCUT2D eigenvalue weighted by molar-refractivity contribution is 7.91. The number of sulfone groups is 1. The van der Waals surface area contributed by atoms with Gasteiger partial charge in [0.1, 0.15) is 12.4 Å². The molecule has 1 atom stereocenters. The summed E-state index contributed by atoms with van der Waals surface area (Å²) in [4.78, 5) is 2.49. The molecule has 0 aliphatic carbocycles. The molecule has 6 nitrogen and oxygen atoms in total. The van der Waals surface area contributed by atoms with Crippen molar-refractivity contribution in [1.82, 2.24) is 4.90 Å². The van der Waals surface area contributed by atoms with E-state index in [9.17, 15) is 12.8 Å². The molecule has 1 heterocycles. The Morgan fingerprint density at radius 1 is 1.35 bits per heavy atom. The highest BCUT2D eigenvalue weighted by Crippen LogP contribution is 2.20. The molecule has 0 amide bonds. The summed E-state index contributed by atoms with van der Waals surface area (Å²) in [6, 6.07) is 6.19. The Kier molecular flexibility index (Phi) is 8.02. The van der Waals surface area contributed by atoms with Gasteiger partial charge in [0.15, 0.2) is 9.84 Å². The second-order valence-corrected chi connectivity index (χ2v) is 8.57. The molecule has 0 aromatic heterocycles. The van der Waals surface area contributed by atoms with Gasteiger partial charge in [-0.15, -0.1) is 0 Å². The Morgan fingerprint density at radius 2 is 2.00 bits per heavy atom. The van der Waals surface area contributed by atoms with Crippen LogP contribution < -0.4 is 10.5 Å². The van der Waals surface area contributed by atoms with Gasteiger partial charge in [-0.25, -0.2) is 12.8 Å². The first kappa shape index (κ1) is 20.8. The van der Waals surface area contributed by atoms with Crippen molar-refractivity contribution in [3.8, 4) is 5.75 Å². The van der Waals surface area contributed by atoms with E-state index < -0.39 is 9.84 Å². The molecule has 0 saturated carbocycles. The Hall–Kier alpha value is -1.48. The fourth-order valence-electron chi connectivity index (χ4n) is 2.80. The predicted molar refractivity (Wildman–Crippen MR) is 98.7 cm³/mol. The van der Waals surface area contributed by atoms with Crippen molar-refractivity contribution in [3.63, 3.8) is 0 Å². The number of hydrogen-bond acceptors (Lipinski definition) is 6. The van der Waals surface area contributed by atoms with Crippen LogP contribution in [0.4, 0.5) is 4.39 Å². The van der Waals surface area contributed by atoms with E-state index in [-0.39, 0.29) is 29.7 Å². The second-order valence-electron chi connectivity index (χ2n) is 6.53. The first-order valence-corrected chi connectivity index (χ1v) is 10.3. The minimum atomic E-state index is -3.37. The van der Waals surface area contributed by atoms with Gasteiger partial charge in [-0.2, -0.15) is 0 Å². The SMILES string of the molecule is C[C@H](CN1CCOCC1)CS(=O)(=O)c1ccc(OC/C(=C/F)CN)cc1. The Bertz CT molecular complexity index is 686. The third kappa shape index (κ3) is 6.35. The molecule has 1 aliphatic rings. The number of benzene rings is 1. The lowest BCUT2D eigenvalue weighted by molar-refractivity contribution is 0.0330. The number of halogens is 1. The molecule has 1 saturated heterocycles. The number of nitrogens with zero attached hydrogens (tertiary/aromatic N) is 1. The topological polar surface area (TPSA) is 81.9 Å². The van der Waals surface area contributed by atoms with Gasteiger partial charge in [-0.1, -0.05) is 6.92 Å². The summed E-state index contributed by atoms with van der Waals surface area (Å²) in [5.74, 6) is 0.584. The van der Waals surface area contributed by atoms with Crippen LogP contribution in [0.1, 0.15) is 6.92 Å². The highest BCUT2D eigenvalue weighted by Gasteiger charge is 2.21. The van der Waals surface area contributed by atoms with Crippen LogP contribution in [0.2, 0.25) is 0 Å². The lowest BCUT2D eigenvalue weighted by Crippen LogP contribution is -2.40. The van der Waals surface area contributed by atoms with Gasteiger partial charge in [-0.3, -0.25) is 4.90 Å². The molecule has 0 radical (unpaired) electrons. The second kappa shape index (κ2) is 10.0. The maximum Gasteiger partial charge on any atom is 0.178 e. The maximum absolute atomic E-state index is 12.6. The number of rotatable bonds is 9. The normalized spacial score (nSPS) is 17.9. The lowest BCUT2D eigenvalue weighted by atomic mass is 10.2. The molecule has 0 unspecified atom stereocenters. The van der Waals surface area contributed by atoms with Crippen molar-refractivity contribution in [2.45, 2.75) is 11.8 Å². The molecule has 1 fully saturated rings. The van der Waals surface area contributed by atoms with Crippen molar-refractivity contribution in [3.05, 3.63) is 36.2 Å². The predicted octanol–water partition coefficient (Wildman–Crippen LogP) is 1.62. The van der Waals surface area contributed by atoms with E-state index in [0.717, 1.165) is 19.6 Å². The van der Waals surface area contributed by atoms with E-state index >= 15 is 0 Å². The first-order valence-electron chi connectivity index (χ1n) is 8.68. The minimum Gasteiger partial charge on any atom is -0.489 e. The summed E-state index contributed by atoms with van der Waals surface area (Å²) >= 11 is 0. The monoisotopic (exact) mass is 386 g/mol. The van der Waals surface area contributed by atoms with E-state index in [0.29, 0.717) is 30.9 Å². The number of morpholine rings is 1. The molecule has 0 spiro atoms. The van der Waals surface area contributed by atoms with Crippen molar-refractivity contribution in [2.24, 2.45) is 11.7 Å². The van der Waals surface area contributed by atoms with Crippen LogP contribution in [0.15, 0.2) is 41.1 Å². The molecule has 26 heavy (non-hydrogen) atoms. The van der Waals surface area contributed by atoms with Crippen molar-refractivity contribution in [2.75, 3.05) is 51.8 Å². The molecule has 1 aliphatic heterocycles. The van der Waals surface area contributed by atoms with Crippen molar-refractivity contribution >= 4 is 9.84 Å². The smallest absolute Gasteiger partial charge is 0.178 e. The molecule has 1 aromatic carbocycles. The molecule has 2 N–H and O–H groups in total. The van der Waals surface area contributed by atoms with Gasteiger partial charge < -0.3 is 15.2 Å². The standard InChI is InChI=1S/C18H27FN2O4S/c1-15(12-21-6-8-24-9-7-21)14-26(22,23)18-4-2-17(3-5-18)25-13-16(10-19)11-20/h2-5,10,15H,6-9,11-14,20H2,1H3/b16-10+/t15-/m1/s1. The van der Waals surface area contributed by atoms with E-state index in [2.05, 4.69) is 4.90 Å². The summed E-state index contributed by atoms with van der Waals surface area (Å²) in [6.07, 6.45) is 0.425. The zero-order chi connectivity index (χ0) is 19.0. The van der Waals surface area contributed by atoms with Crippen LogP contribution >= 0.6 is 0 Å². The number of hydrogen-bond donors (Lipinski definition) is 1. The van der Waals surface area contributed by atoms with E-state index in [4.69, 9.17) is 15.2 Å². The Balaban J connectivity index is 1.91. The summed E-state index contributed by atoms with van der Waals surface area (Å²) in [5, 5.41) is 0. The Labute approximate surface area is 154 Å². The molecule has 2 rings (SSSR count). The van der Waals surface area contributed by atoms with Gasteiger partial charge in [0, 0.05) is 31.8 Å². The summed E-state index contributed by atoms with van der Waals surface area (Å²) in [5.41, 5.74) is 5.70. The van der Waals surface area contributed by atoms with E-state index in [1.165, 1.54) is 12.1 Å². The summed E-state index contributed by atoms with van der Waals surface area (Å²) in [7, 11) is -3.37. The van der Waals surface area contributed by atoms with Gasteiger partial charge in [0.25, 0.3) is 0 Å². The Morgan fingerprint density at radius 3 is 2.58 bits per heavy atom. The fraction of sp³-hybridized carbons (Fsp3) is 0.556. The maximum atomic E-state index is 12.6. The summed E-state index contributed by atoms with van der Waals surface area (Å²) < 4.78 is 48.4. The fourth-order valence-corrected chi connectivity index (χ4v) is 4.40. The molecule has 146 valence electrons. The van der Waals surface area contributed by atoms with Gasteiger partial charge in [0.05, 0.1) is 30.2 Å². The zero-order valence-corrected chi connectivity index (χ0v) is 15.9. The average Bonchev–Trinajstić information content (AvgIpc) is 2.63. The van der Waals surface area contributed by atoms with E-state index in [1.54, 1.807) is 12.1 Å². The lowest BCUT2D eigenvalue weighted by Gasteiger charge is -2.29. The molecule has 0 bridgehead atoms. The number of nitrogens with two attached hydrogens (primary N) is 1. The molecule has 8 heteroatoms. The highest BCUT2D eigenvalue weighted by atomic mass is 32.2. The van der Waals surface area contributed by atoms with Crippen LogP contribution in [0.3, 0.4) is 0 Å². The third-order valence-corrected chi connectivity index (χ3v) is 6.20. The largest absolute Gasteiger partial charge is 0.489 e. The van der Waals surface area contributed by atoms with Crippen molar-refractivity contribution < 1.29 is 22.3 Å². The third-order valence-electron chi connectivity index (χ3n) is 4.20. The molecular formula is C18H27FN2O4S. The average molecular weight is 386 g/mol. The van der Waals surface area contributed by atoms with Crippen LogP contribution in [0.25, 0.3) is 0 Å². The van der Waals surface area contributed by atoms with Crippen LogP contribution in [0.5, 0.6) is 5.75 Å². The van der Waals surface area contributed by atoms with Crippen LogP contribution in [-0.4, -0.2) is 65.1 Å². The van der Waals surface area contributed by atoms with Crippen molar-refractivity contribution in [1.29, 1.82) is 0 Å². The molecular weight excluding hydrogens is 359 g/mol. The van der Waals surface area contributed by atoms with Gasteiger partial charge in [0.2, 0.25) is 0 Å². The van der Waals surface area contributed by atoms with Gasteiger partial charge in [-0.05, 0) is 30.2 Å².